The lowest BCUT2D eigenvalue weighted by molar-refractivity contribution is -0.124. The number of carbonyl (C=O) groups excluding carboxylic acids is 2. The fourth-order valence-electron chi connectivity index (χ4n) is 1.95. The standard InChI is InChI=1S/C15H21N3O4/c1-9(2)3-4-14(19)17-7-15(20)18-11-6-13-12(5-10(11)16)21-8-22-13/h5-6,9H,3-4,7-8,16H2,1-2H3,(H,17,19)(H,18,20). The number of benzene rings is 1. The van der Waals surface area contributed by atoms with Gasteiger partial charge < -0.3 is 25.8 Å². The van der Waals surface area contributed by atoms with Gasteiger partial charge >= 0.3 is 0 Å². The summed E-state index contributed by atoms with van der Waals surface area (Å²) in [4.78, 5) is 23.4. The van der Waals surface area contributed by atoms with Gasteiger partial charge in [-0.15, -0.1) is 0 Å². The summed E-state index contributed by atoms with van der Waals surface area (Å²) in [6, 6.07) is 3.20. The lowest BCUT2D eigenvalue weighted by Crippen LogP contribution is -2.33. The zero-order valence-electron chi connectivity index (χ0n) is 12.8. The first kappa shape index (κ1) is 15.9. The molecule has 22 heavy (non-hydrogen) atoms. The van der Waals surface area contributed by atoms with Crippen molar-refractivity contribution in [1.82, 2.24) is 5.32 Å². The van der Waals surface area contributed by atoms with Crippen LogP contribution >= 0.6 is 0 Å². The highest BCUT2D eigenvalue weighted by molar-refractivity contribution is 5.97. The van der Waals surface area contributed by atoms with Crippen molar-refractivity contribution in [1.29, 1.82) is 0 Å². The molecule has 2 amide bonds. The highest BCUT2D eigenvalue weighted by Crippen LogP contribution is 2.38. The molecular formula is C15H21N3O4. The first-order chi connectivity index (χ1) is 10.5. The fraction of sp³-hybridized carbons (Fsp3) is 0.467. The Morgan fingerprint density at radius 3 is 2.59 bits per heavy atom. The number of fused-ring (bicyclic) bond motifs is 1. The van der Waals surface area contributed by atoms with Gasteiger partial charge in [-0.2, -0.15) is 0 Å². The Labute approximate surface area is 129 Å². The number of nitrogen functional groups attached to an aromatic ring is 1. The molecule has 2 rings (SSSR count). The second-order valence-electron chi connectivity index (χ2n) is 5.55. The van der Waals surface area contributed by atoms with Crippen molar-refractivity contribution in [2.75, 3.05) is 24.4 Å². The van der Waals surface area contributed by atoms with Crippen molar-refractivity contribution in [3.05, 3.63) is 12.1 Å². The lowest BCUT2D eigenvalue weighted by atomic mass is 10.1. The molecule has 1 heterocycles. The number of hydrogen-bond donors (Lipinski definition) is 3. The highest BCUT2D eigenvalue weighted by Gasteiger charge is 2.17. The van der Waals surface area contributed by atoms with Gasteiger partial charge in [-0.05, 0) is 12.3 Å². The molecule has 7 heteroatoms. The van der Waals surface area contributed by atoms with Gasteiger partial charge in [0.25, 0.3) is 0 Å². The Bertz CT molecular complexity index is 572. The Balaban J connectivity index is 1.84. The van der Waals surface area contributed by atoms with Gasteiger partial charge in [0.2, 0.25) is 18.6 Å². The minimum Gasteiger partial charge on any atom is -0.454 e. The highest BCUT2D eigenvalue weighted by atomic mass is 16.7. The maximum Gasteiger partial charge on any atom is 0.243 e. The zero-order valence-corrected chi connectivity index (χ0v) is 12.8. The van der Waals surface area contributed by atoms with Crippen molar-refractivity contribution in [3.8, 4) is 11.5 Å². The molecule has 7 nitrogen and oxygen atoms in total. The monoisotopic (exact) mass is 307 g/mol. The van der Waals surface area contributed by atoms with Crippen molar-refractivity contribution in [2.24, 2.45) is 5.92 Å². The fourth-order valence-corrected chi connectivity index (χ4v) is 1.95. The molecule has 1 aliphatic rings. The number of rotatable bonds is 6. The molecule has 0 unspecified atom stereocenters. The molecule has 0 atom stereocenters. The van der Waals surface area contributed by atoms with Gasteiger partial charge in [0.1, 0.15) is 0 Å². The molecule has 120 valence electrons. The third-order valence-corrected chi connectivity index (χ3v) is 3.21. The summed E-state index contributed by atoms with van der Waals surface area (Å²) in [5, 5.41) is 5.23. The van der Waals surface area contributed by atoms with E-state index >= 15 is 0 Å². The van der Waals surface area contributed by atoms with Crippen LogP contribution < -0.4 is 25.8 Å². The van der Waals surface area contributed by atoms with Crippen molar-refractivity contribution in [2.45, 2.75) is 26.7 Å². The number of nitrogens with two attached hydrogens (primary N) is 1. The Morgan fingerprint density at radius 1 is 1.23 bits per heavy atom. The molecule has 1 aromatic rings. The van der Waals surface area contributed by atoms with Crippen LogP contribution in [0.4, 0.5) is 11.4 Å². The van der Waals surface area contributed by atoms with E-state index < -0.39 is 0 Å². The van der Waals surface area contributed by atoms with Crippen LogP contribution in [0, 0.1) is 5.92 Å². The number of carbonyl (C=O) groups is 2. The average molecular weight is 307 g/mol. The first-order valence-electron chi connectivity index (χ1n) is 7.21. The van der Waals surface area contributed by atoms with Crippen molar-refractivity contribution < 1.29 is 19.1 Å². The number of ether oxygens (including phenoxy) is 2. The van der Waals surface area contributed by atoms with E-state index in [1.54, 1.807) is 12.1 Å². The quantitative estimate of drug-likeness (QED) is 0.691. The predicted molar refractivity (Wildman–Crippen MR) is 82.7 cm³/mol. The Morgan fingerprint density at radius 2 is 1.91 bits per heavy atom. The first-order valence-corrected chi connectivity index (χ1v) is 7.21. The van der Waals surface area contributed by atoms with E-state index in [9.17, 15) is 9.59 Å². The van der Waals surface area contributed by atoms with Crippen molar-refractivity contribution >= 4 is 23.2 Å². The van der Waals surface area contributed by atoms with Crippen molar-refractivity contribution in [3.63, 3.8) is 0 Å². The Hall–Kier alpha value is -2.44. The number of nitrogens with one attached hydrogen (secondary N) is 2. The molecule has 0 aromatic heterocycles. The van der Waals surface area contributed by atoms with Gasteiger partial charge in [0, 0.05) is 18.6 Å². The Kier molecular flexibility index (Phi) is 5.08. The summed E-state index contributed by atoms with van der Waals surface area (Å²) in [6.45, 7) is 4.13. The molecule has 0 fully saturated rings. The molecule has 0 spiro atoms. The van der Waals surface area contributed by atoms with Crippen LogP contribution in [0.25, 0.3) is 0 Å². The van der Waals surface area contributed by atoms with E-state index in [0.717, 1.165) is 6.42 Å². The molecule has 0 radical (unpaired) electrons. The van der Waals surface area contributed by atoms with Crippen LogP contribution in [0.5, 0.6) is 11.5 Å². The van der Waals surface area contributed by atoms with Crippen LogP contribution in [-0.4, -0.2) is 25.2 Å². The SMILES string of the molecule is CC(C)CCC(=O)NCC(=O)Nc1cc2c(cc1N)OCO2. The third kappa shape index (κ3) is 4.28. The summed E-state index contributed by atoms with van der Waals surface area (Å²) in [6.07, 6.45) is 1.21. The molecule has 0 saturated carbocycles. The summed E-state index contributed by atoms with van der Waals surface area (Å²) in [7, 11) is 0. The van der Waals surface area contributed by atoms with Gasteiger partial charge in [-0.25, -0.2) is 0 Å². The maximum absolute atomic E-state index is 11.9. The molecule has 4 N–H and O–H groups in total. The summed E-state index contributed by atoms with van der Waals surface area (Å²) < 4.78 is 10.4. The molecule has 1 aromatic carbocycles. The minimum absolute atomic E-state index is 0.0924. The van der Waals surface area contributed by atoms with E-state index in [0.29, 0.717) is 35.2 Å². The number of amides is 2. The maximum atomic E-state index is 11.9. The topological polar surface area (TPSA) is 103 Å². The predicted octanol–water partition coefficient (Wildman–Crippen LogP) is 1.49. The van der Waals surface area contributed by atoms with Gasteiger partial charge in [0.05, 0.1) is 17.9 Å². The van der Waals surface area contributed by atoms with Gasteiger partial charge in [-0.1, -0.05) is 13.8 Å². The molecule has 0 aliphatic carbocycles. The molecule has 0 saturated heterocycles. The lowest BCUT2D eigenvalue weighted by Gasteiger charge is -2.10. The van der Waals surface area contributed by atoms with Crippen LogP contribution in [0.2, 0.25) is 0 Å². The number of anilines is 2. The van der Waals surface area contributed by atoms with Crippen LogP contribution in [0.1, 0.15) is 26.7 Å². The van der Waals surface area contributed by atoms with Crippen LogP contribution in [0.3, 0.4) is 0 Å². The summed E-state index contributed by atoms with van der Waals surface area (Å²) >= 11 is 0. The van der Waals surface area contributed by atoms with Crippen LogP contribution in [0.15, 0.2) is 12.1 Å². The van der Waals surface area contributed by atoms with Gasteiger partial charge in [0.15, 0.2) is 11.5 Å². The van der Waals surface area contributed by atoms with Gasteiger partial charge in [-0.3, -0.25) is 9.59 Å². The van der Waals surface area contributed by atoms with E-state index in [-0.39, 0.29) is 25.2 Å². The second kappa shape index (κ2) is 7.02. The normalized spacial score (nSPS) is 12.3. The van der Waals surface area contributed by atoms with E-state index in [2.05, 4.69) is 10.6 Å². The zero-order chi connectivity index (χ0) is 16.1. The smallest absolute Gasteiger partial charge is 0.243 e. The number of hydrogen-bond acceptors (Lipinski definition) is 5. The molecular weight excluding hydrogens is 286 g/mol. The van der Waals surface area contributed by atoms with E-state index in [1.165, 1.54) is 0 Å². The summed E-state index contributed by atoms with van der Waals surface area (Å²) in [5.41, 5.74) is 6.66. The van der Waals surface area contributed by atoms with Crippen LogP contribution in [-0.2, 0) is 9.59 Å². The van der Waals surface area contributed by atoms with E-state index in [4.69, 9.17) is 15.2 Å². The summed E-state index contributed by atoms with van der Waals surface area (Å²) in [5.74, 6) is 1.06. The largest absolute Gasteiger partial charge is 0.454 e. The minimum atomic E-state index is -0.344. The molecule has 1 aliphatic heterocycles. The molecule has 0 bridgehead atoms. The van der Waals surface area contributed by atoms with E-state index in [1.807, 2.05) is 13.8 Å². The average Bonchev–Trinajstić information content (AvgIpc) is 2.90. The second-order valence-corrected chi connectivity index (χ2v) is 5.55. The third-order valence-electron chi connectivity index (χ3n) is 3.21.